The van der Waals surface area contributed by atoms with Gasteiger partial charge in [0.1, 0.15) is 0 Å². The molecule has 0 unspecified atom stereocenters. The van der Waals surface area contributed by atoms with Gasteiger partial charge >= 0.3 is 5.97 Å². The zero-order chi connectivity index (χ0) is 25.7. The number of hydrogen-bond donors (Lipinski definition) is 2. The number of aliphatic hydroxyl groups excluding tert-OH is 1. The van der Waals surface area contributed by atoms with Crippen LogP contribution in [0.25, 0.3) is 0 Å². The van der Waals surface area contributed by atoms with E-state index in [9.17, 15) is 4.79 Å². The minimum atomic E-state index is -0.874. The fraction of sp³-hybridized carbons (Fsp3) is 0.870. The molecule has 12 nitrogen and oxygen atoms in total. The molecule has 0 aliphatic carbocycles. The number of ether oxygens (including phenoxy) is 9. The maximum absolute atomic E-state index is 10.3. The van der Waals surface area contributed by atoms with E-state index in [0.29, 0.717) is 119 Å². The summed E-state index contributed by atoms with van der Waals surface area (Å²) in [6, 6.07) is 0. The average molecular weight is 513 g/mol. The molecule has 0 heterocycles. The first-order chi connectivity index (χ1) is 17.1. The molecule has 0 aromatic carbocycles. The van der Waals surface area contributed by atoms with Gasteiger partial charge in [0.2, 0.25) is 0 Å². The molecule has 35 heavy (non-hydrogen) atoms. The molecule has 0 amide bonds. The molecule has 0 atom stereocenters. The van der Waals surface area contributed by atoms with E-state index < -0.39 is 5.97 Å². The van der Waals surface area contributed by atoms with Gasteiger partial charge in [-0.3, -0.25) is 4.79 Å². The van der Waals surface area contributed by atoms with Gasteiger partial charge < -0.3 is 52.8 Å². The highest BCUT2D eigenvalue weighted by Crippen LogP contribution is 1.92. The second-order valence-electron chi connectivity index (χ2n) is 6.97. The molecular formula is C23H44O12. The zero-order valence-corrected chi connectivity index (χ0v) is 20.8. The SMILES string of the molecule is C=C(O)CCOCCOCCOCCOCCOCCOCCOCCOCCOCCC(=O)O. The Morgan fingerprint density at radius 1 is 0.400 bits per heavy atom. The van der Waals surface area contributed by atoms with E-state index in [1.54, 1.807) is 0 Å². The van der Waals surface area contributed by atoms with Crippen molar-refractivity contribution in [3.8, 4) is 0 Å². The average Bonchev–Trinajstić information content (AvgIpc) is 2.82. The van der Waals surface area contributed by atoms with Crippen LogP contribution in [0.2, 0.25) is 0 Å². The minimum Gasteiger partial charge on any atom is -0.513 e. The third kappa shape index (κ3) is 32.6. The van der Waals surface area contributed by atoms with Gasteiger partial charge in [-0.1, -0.05) is 6.58 Å². The Hall–Kier alpha value is -1.35. The lowest BCUT2D eigenvalue weighted by atomic mass is 10.4. The number of carboxylic acid groups (broad SMARTS) is 1. The summed E-state index contributed by atoms with van der Waals surface area (Å²) in [7, 11) is 0. The minimum absolute atomic E-state index is 0.00138. The van der Waals surface area contributed by atoms with E-state index in [-0.39, 0.29) is 18.8 Å². The summed E-state index contributed by atoms with van der Waals surface area (Å²) in [4.78, 5) is 10.3. The normalized spacial score (nSPS) is 11.2. The number of carbonyl (C=O) groups is 1. The lowest BCUT2D eigenvalue weighted by Gasteiger charge is -2.08. The van der Waals surface area contributed by atoms with Gasteiger partial charge in [-0.2, -0.15) is 0 Å². The van der Waals surface area contributed by atoms with Gasteiger partial charge in [0.15, 0.2) is 0 Å². The molecule has 0 spiro atoms. The first-order valence-electron chi connectivity index (χ1n) is 11.9. The molecule has 0 aliphatic heterocycles. The van der Waals surface area contributed by atoms with Crippen molar-refractivity contribution in [3.05, 3.63) is 12.3 Å². The number of aliphatic carboxylic acids is 1. The molecular weight excluding hydrogens is 468 g/mol. The third-order valence-corrected chi connectivity index (χ3v) is 3.97. The number of rotatable bonds is 30. The van der Waals surface area contributed by atoms with E-state index in [1.165, 1.54) is 0 Å². The highest BCUT2D eigenvalue weighted by Gasteiger charge is 1.97. The Kier molecular flexibility index (Phi) is 27.8. The third-order valence-electron chi connectivity index (χ3n) is 3.97. The number of aliphatic hydroxyl groups is 1. The van der Waals surface area contributed by atoms with Crippen molar-refractivity contribution in [3.63, 3.8) is 0 Å². The molecule has 12 heteroatoms. The summed E-state index contributed by atoms with van der Waals surface area (Å²) in [5.41, 5.74) is 0. The van der Waals surface area contributed by atoms with Gasteiger partial charge in [-0.15, -0.1) is 0 Å². The number of hydrogen-bond acceptors (Lipinski definition) is 11. The van der Waals surface area contributed by atoms with Gasteiger partial charge in [0.25, 0.3) is 0 Å². The Morgan fingerprint density at radius 2 is 0.600 bits per heavy atom. The Labute approximate surface area is 208 Å². The lowest BCUT2D eigenvalue weighted by Crippen LogP contribution is -2.15. The molecule has 0 bridgehead atoms. The van der Waals surface area contributed by atoms with Crippen LogP contribution in [0.15, 0.2) is 12.3 Å². The van der Waals surface area contributed by atoms with Crippen molar-refractivity contribution in [2.45, 2.75) is 12.8 Å². The zero-order valence-electron chi connectivity index (χ0n) is 20.8. The van der Waals surface area contributed by atoms with Gasteiger partial charge in [-0.05, 0) is 0 Å². The van der Waals surface area contributed by atoms with Crippen LogP contribution in [0.5, 0.6) is 0 Å². The maximum atomic E-state index is 10.3. The monoisotopic (exact) mass is 512 g/mol. The summed E-state index contributed by atoms with van der Waals surface area (Å²) < 4.78 is 48.0. The van der Waals surface area contributed by atoms with E-state index in [4.69, 9.17) is 52.8 Å². The first kappa shape index (κ1) is 33.7. The summed E-state index contributed by atoms with van der Waals surface area (Å²) in [6.45, 7) is 11.5. The van der Waals surface area contributed by atoms with Crippen LogP contribution < -0.4 is 0 Å². The van der Waals surface area contributed by atoms with E-state index >= 15 is 0 Å². The smallest absolute Gasteiger partial charge is 0.305 e. The molecule has 0 radical (unpaired) electrons. The lowest BCUT2D eigenvalue weighted by molar-refractivity contribution is -0.138. The summed E-state index contributed by atoms with van der Waals surface area (Å²) >= 11 is 0. The van der Waals surface area contributed by atoms with E-state index in [0.717, 1.165) is 0 Å². The predicted octanol–water partition coefficient (Wildman–Crippen LogP) is 1.07. The second kappa shape index (κ2) is 28.9. The molecule has 0 saturated carbocycles. The Morgan fingerprint density at radius 3 is 0.800 bits per heavy atom. The van der Waals surface area contributed by atoms with Gasteiger partial charge in [0, 0.05) is 6.42 Å². The molecule has 0 saturated heterocycles. The molecule has 0 aromatic heterocycles. The van der Waals surface area contributed by atoms with Crippen molar-refractivity contribution in [2.75, 3.05) is 119 Å². The summed E-state index contributed by atoms with van der Waals surface area (Å²) in [6.07, 6.45) is 0.438. The molecule has 0 fully saturated rings. The topological polar surface area (TPSA) is 141 Å². The van der Waals surface area contributed by atoms with Gasteiger partial charge in [0.05, 0.1) is 131 Å². The molecule has 0 aromatic rings. The quantitative estimate of drug-likeness (QED) is 0.105. The van der Waals surface area contributed by atoms with Crippen LogP contribution in [0.3, 0.4) is 0 Å². The molecule has 2 N–H and O–H groups in total. The predicted molar refractivity (Wildman–Crippen MR) is 126 cm³/mol. The maximum Gasteiger partial charge on any atom is 0.305 e. The highest BCUT2D eigenvalue weighted by molar-refractivity contribution is 5.66. The Bertz CT molecular complexity index is 424. The summed E-state index contributed by atoms with van der Waals surface area (Å²) in [5, 5.41) is 17.3. The summed E-state index contributed by atoms with van der Waals surface area (Å²) in [5.74, 6) is -0.753. The highest BCUT2D eigenvalue weighted by atomic mass is 16.6. The van der Waals surface area contributed by atoms with Crippen LogP contribution in [0.4, 0.5) is 0 Å². The van der Waals surface area contributed by atoms with Crippen LogP contribution in [0, 0.1) is 0 Å². The van der Waals surface area contributed by atoms with Crippen molar-refractivity contribution in [2.24, 2.45) is 0 Å². The fourth-order valence-electron chi connectivity index (χ4n) is 2.21. The Balaban J connectivity index is 3.03. The van der Waals surface area contributed by atoms with Crippen molar-refractivity contribution in [1.29, 1.82) is 0 Å². The number of carboxylic acids is 1. The van der Waals surface area contributed by atoms with E-state index in [1.807, 2.05) is 0 Å². The van der Waals surface area contributed by atoms with E-state index in [2.05, 4.69) is 6.58 Å². The van der Waals surface area contributed by atoms with Crippen molar-refractivity contribution in [1.82, 2.24) is 0 Å². The van der Waals surface area contributed by atoms with Crippen LogP contribution in [0.1, 0.15) is 12.8 Å². The van der Waals surface area contributed by atoms with Crippen molar-refractivity contribution < 1.29 is 57.6 Å². The van der Waals surface area contributed by atoms with Crippen LogP contribution >= 0.6 is 0 Å². The van der Waals surface area contributed by atoms with Crippen molar-refractivity contribution >= 4 is 5.97 Å². The standard InChI is InChI=1S/C23H44O12/c1-22(24)2-4-27-6-8-29-10-12-31-14-16-33-18-20-35-21-19-34-17-15-32-13-11-30-9-7-28-5-3-23(25)26/h24H,1-21H2,(H,25,26). The van der Waals surface area contributed by atoms with Crippen LogP contribution in [-0.4, -0.2) is 135 Å². The van der Waals surface area contributed by atoms with Gasteiger partial charge in [-0.25, -0.2) is 0 Å². The van der Waals surface area contributed by atoms with Crippen LogP contribution in [-0.2, 0) is 47.4 Å². The first-order valence-corrected chi connectivity index (χ1v) is 11.9. The fourth-order valence-corrected chi connectivity index (χ4v) is 2.21. The largest absolute Gasteiger partial charge is 0.513 e. The second-order valence-corrected chi connectivity index (χ2v) is 6.97. The molecule has 208 valence electrons. The molecule has 0 aliphatic rings. The molecule has 0 rings (SSSR count).